The number of methoxy groups -OCH3 is 1. The van der Waals surface area contributed by atoms with Crippen LogP contribution >= 0.6 is 0 Å². The Kier molecular flexibility index (Phi) is 5.17. The zero-order chi connectivity index (χ0) is 12.8. The molecule has 1 fully saturated rings. The maximum Gasteiger partial charge on any atom is 0.0595 e. The highest BCUT2D eigenvalue weighted by Crippen LogP contribution is 2.27. The predicted octanol–water partition coefficient (Wildman–Crippen LogP) is 2.19. The van der Waals surface area contributed by atoms with Crippen molar-refractivity contribution in [1.29, 1.82) is 0 Å². The summed E-state index contributed by atoms with van der Waals surface area (Å²) in [4.78, 5) is 2.55. The van der Waals surface area contributed by atoms with Crippen molar-refractivity contribution in [2.75, 3.05) is 26.7 Å². The van der Waals surface area contributed by atoms with Gasteiger partial charge in [0.2, 0.25) is 0 Å². The molecule has 0 aromatic heterocycles. The van der Waals surface area contributed by atoms with Gasteiger partial charge in [-0.1, -0.05) is 30.3 Å². The average molecular weight is 248 g/mol. The van der Waals surface area contributed by atoms with E-state index >= 15 is 0 Å². The van der Waals surface area contributed by atoms with E-state index in [9.17, 15) is 0 Å². The van der Waals surface area contributed by atoms with Crippen molar-refractivity contribution in [3.05, 3.63) is 35.9 Å². The lowest BCUT2D eigenvalue weighted by Gasteiger charge is -2.37. The normalized spacial score (nSPS) is 19.9. The van der Waals surface area contributed by atoms with E-state index < -0.39 is 0 Å². The van der Waals surface area contributed by atoms with Crippen LogP contribution < -0.4 is 5.73 Å². The third-order valence-corrected chi connectivity index (χ3v) is 3.88. The molecule has 1 unspecified atom stereocenters. The van der Waals surface area contributed by atoms with Gasteiger partial charge in [-0.2, -0.15) is 0 Å². The van der Waals surface area contributed by atoms with Gasteiger partial charge in [-0.15, -0.1) is 0 Å². The summed E-state index contributed by atoms with van der Waals surface area (Å²) in [5.74, 6) is 0. The van der Waals surface area contributed by atoms with Crippen molar-refractivity contribution in [1.82, 2.24) is 4.90 Å². The standard InChI is InChI=1S/C15H24N2O/c1-18-14-8-11-17(12-9-14)15(7-10-16)13-5-3-2-4-6-13/h2-6,14-15H,7-12,16H2,1H3. The summed E-state index contributed by atoms with van der Waals surface area (Å²) < 4.78 is 5.43. The second-order valence-corrected chi connectivity index (χ2v) is 4.97. The van der Waals surface area contributed by atoms with Crippen LogP contribution in [0.3, 0.4) is 0 Å². The molecule has 18 heavy (non-hydrogen) atoms. The smallest absolute Gasteiger partial charge is 0.0595 e. The van der Waals surface area contributed by atoms with Crippen molar-refractivity contribution in [2.45, 2.75) is 31.4 Å². The Bertz CT molecular complexity index is 334. The first-order valence-corrected chi connectivity index (χ1v) is 6.87. The first-order valence-electron chi connectivity index (χ1n) is 6.87. The molecule has 3 heteroatoms. The molecule has 0 spiro atoms. The average Bonchev–Trinajstić information content (AvgIpc) is 2.46. The van der Waals surface area contributed by atoms with Crippen LogP contribution in [0, 0.1) is 0 Å². The van der Waals surface area contributed by atoms with Crippen LogP contribution in [0.5, 0.6) is 0 Å². The molecule has 1 saturated heterocycles. The summed E-state index contributed by atoms with van der Waals surface area (Å²) in [7, 11) is 1.81. The molecule has 0 saturated carbocycles. The van der Waals surface area contributed by atoms with Crippen LogP contribution in [0.2, 0.25) is 0 Å². The van der Waals surface area contributed by atoms with Gasteiger partial charge in [0.1, 0.15) is 0 Å². The summed E-state index contributed by atoms with van der Waals surface area (Å²) in [5.41, 5.74) is 7.16. The minimum absolute atomic E-state index is 0.440. The molecule has 3 nitrogen and oxygen atoms in total. The molecule has 100 valence electrons. The number of likely N-dealkylation sites (tertiary alicyclic amines) is 1. The van der Waals surface area contributed by atoms with E-state index in [0.29, 0.717) is 12.1 Å². The van der Waals surface area contributed by atoms with E-state index in [1.807, 2.05) is 7.11 Å². The summed E-state index contributed by atoms with van der Waals surface area (Å²) in [6, 6.07) is 11.2. The van der Waals surface area contributed by atoms with Gasteiger partial charge in [-0.05, 0) is 31.4 Å². The Morgan fingerprint density at radius 1 is 1.28 bits per heavy atom. The number of benzene rings is 1. The molecule has 0 bridgehead atoms. The largest absolute Gasteiger partial charge is 0.381 e. The van der Waals surface area contributed by atoms with Gasteiger partial charge in [-0.25, -0.2) is 0 Å². The summed E-state index contributed by atoms with van der Waals surface area (Å²) in [6.45, 7) is 2.96. The molecule has 0 amide bonds. The van der Waals surface area contributed by atoms with Crippen molar-refractivity contribution >= 4 is 0 Å². The van der Waals surface area contributed by atoms with Gasteiger partial charge < -0.3 is 10.5 Å². The number of rotatable bonds is 5. The second-order valence-electron chi connectivity index (χ2n) is 4.97. The first-order chi connectivity index (χ1) is 8.85. The molecule has 2 rings (SSSR count). The van der Waals surface area contributed by atoms with E-state index in [-0.39, 0.29) is 0 Å². The molecule has 1 aromatic rings. The summed E-state index contributed by atoms with van der Waals surface area (Å²) in [5, 5.41) is 0. The number of hydrogen-bond acceptors (Lipinski definition) is 3. The van der Waals surface area contributed by atoms with Gasteiger partial charge in [0.05, 0.1) is 6.10 Å². The van der Waals surface area contributed by atoms with Gasteiger partial charge in [0.25, 0.3) is 0 Å². The quantitative estimate of drug-likeness (QED) is 0.868. The SMILES string of the molecule is COC1CCN(C(CCN)c2ccccc2)CC1. The third-order valence-electron chi connectivity index (χ3n) is 3.88. The Morgan fingerprint density at radius 2 is 1.94 bits per heavy atom. The van der Waals surface area contributed by atoms with E-state index in [4.69, 9.17) is 10.5 Å². The lowest BCUT2D eigenvalue weighted by atomic mass is 9.98. The molecule has 1 heterocycles. The fourth-order valence-electron chi connectivity index (χ4n) is 2.82. The number of hydrogen-bond donors (Lipinski definition) is 1. The van der Waals surface area contributed by atoms with Crippen LogP contribution in [0.4, 0.5) is 0 Å². The van der Waals surface area contributed by atoms with Crippen LogP contribution in [-0.2, 0) is 4.74 Å². The zero-order valence-corrected chi connectivity index (χ0v) is 11.2. The molecular weight excluding hydrogens is 224 g/mol. The van der Waals surface area contributed by atoms with Crippen molar-refractivity contribution in [3.63, 3.8) is 0 Å². The van der Waals surface area contributed by atoms with E-state index in [1.165, 1.54) is 5.56 Å². The number of nitrogens with two attached hydrogens (primary N) is 1. The number of nitrogens with zero attached hydrogens (tertiary/aromatic N) is 1. The van der Waals surface area contributed by atoms with Crippen molar-refractivity contribution < 1.29 is 4.74 Å². The Labute approximate surface area is 110 Å². The Morgan fingerprint density at radius 3 is 2.50 bits per heavy atom. The van der Waals surface area contributed by atoms with Gasteiger partial charge in [0.15, 0.2) is 0 Å². The van der Waals surface area contributed by atoms with Crippen LogP contribution in [0.25, 0.3) is 0 Å². The van der Waals surface area contributed by atoms with Gasteiger partial charge >= 0.3 is 0 Å². The minimum atomic E-state index is 0.440. The lowest BCUT2D eigenvalue weighted by Crippen LogP contribution is -2.39. The fraction of sp³-hybridized carbons (Fsp3) is 0.600. The molecule has 1 aromatic carbocycles. The Balaban J connectivity index is 2.02. The first kappa shape index (κ1) is 13.5. The Hall–Kier alpha value is -0.900. The maximum absolute atomic E-state index is 5.78. The lowest BCUT2D eigenvalue weighted by molar-refractivity contribution is 0.0258. The van der Waals surface area contributed by atoms with E-state index in [2.05, 4.69) is 35.2 Å². The molecule has 1 aliphatic rings. The highest BCUT2D eigenvalue weighted by molar-refractivity contribution is 5.19. The molecule has 1 atom stereocenters. The predicted molar refractivity (Wildman–Crippen MR) is 74.5 cm³/mol. The van der Waals surface area contributed by atoms with Crippen LogP contribution in [0.15, 0.2) is 30.3 Å². The molecule has 0 radical (unpaired) electrons. The van der Waals surface area contributed by atoms with Gasteiger partial charge in [-0.3, -0.25) is 4.90 Å². The van der Waals surface area contributed by atoms with Crippen molar-refractivity contribution in [3.8, 4) is 0 Å². The molecule has 1 aliphatic heterocycles. The second kappa shape index (κ2) is 6.88. The van der Waals surface area contributed by atoms with E-state index in [0.717, 1.165) is 38.9 Å². The highest BCUT2D eigenvalue weighted by atomic mass is 16.5. The topological polar surface area (TPSA) is 38.5 Å². The summed E-state index contributed by atoms with van der Waals surface area (Å²) in [6.07, 6.45) is 3.73. The third kappa shape index (κ3) is 3.31. The molecule has 0 aliphatic carbocycles. The maximum atomic E-state index is 5.78. The zero-order valence-electron chi connectivity index (χ0n) is 11.2. The fourth-order valence-corrected chi connectivity index (χ4v) is 2.82. The van der Waals surface area contributed by atoms with Gasteiger partial charge in [0, 0.05) is 26.2 Å². The van der Waals surface area contributed by atoms with Crippen LogP contribution in [0.1, 0.15) is 30.9 Å². The van der Waals surface area contributed by atoms with Crippen molar-refractivity contribution in [2.24, 2.45) is 5.73 Å². The number of piperidine rings is 1. The minimum Gasteiger partial charge on any atom is -0.381 e. The molecular formula is C15H24N2O. The highest BCUT2D eigenvalue weighted by Gasteiger charge is 2.25. The van der Waals surface area contributed by atoms with Crippen LogP contribution in [-0.4, -0.2) is 37.7 Å². The molecule has 2 N–H and O–H groups in total. The number of ether oxygens (including phenoxy) is 1. The van der Waals surface area contributed by atoms with E-state index in [1.54, 1.807) is 0 Å². The monoisotopic (exact) mass is 248 g/mol. The summed E-state index contributed by atoms with van der Waals surface area (Å²) >= 11 is 0.